The molecular formula is C16H25ClN4. The lowest BCUT2D eigenvalue weighted by atomic mass is 9.96. The second-order valence-electron chi connectivity index (χ2n) is 6.79. The fourth-order valence-corrected chi connectivity index (χ4v) is 3.34. The van der Waals surface area contributed by atoms with Crippen molar-refractivity contribution in [1.82, 2.24) is 14.9 Å². The predicted octanol–water partition coefficient (Wildman–Crippen LogP) is 3.09. The number of hydrogen-bond acceptors (Lipinski definition) is 4. The summed E-state index contributed by atoms with van der Waals surface area (Å²) in [4.78, 5) is 14.0. The summed E-state index contributed by atoms with van der Waals surface area (Å²) < 4.78 is 0. The molecule has 1 saturated carbocycles. The third-order valence-electron chi connectivity index (χ3n) is 4.56. The van der Waals surface area contributed by atoms with Crippen LogP contribution in [0.25, 0.3) is 0 Å². The van der Waals surface area contributed by atoms with E-state index >= 15 is 0 Å². The van der Waals surface area contributed by atoms with Gasteiger partial charge in [0.1, 0.15) is 16.8 Å². The molecule has 1 aromatic heterocycles. The summed E-state index contributed by atoms with van der Waals surface area (Å²) in [5.74, 6) is 3.38. The number of nitrogens with zero attached hydrogens (tertiary/aromatic N) is 4. The average Bonchev–Trinajstić information content (AvgIpc) is 3.26. The Balaban J connectivity index is 1.72. The molecule has 0 N–H and O–H groups in total. The van der Waals surface area contributed by atoms with Gasteiger partial charge >= 0.3 is 0 Å². The van der Waals surface area contributed by atoms with E-state index in [1.165, 1.54) is 32.2 Å². The normalized spacial score (nSPS) is 20.3. The molecule has 0 radical (unpaired) electrons. The van der Waals surface area contributed by atoms with Crippen molar-refractivity contribution in [2.45, 2.75) is 38.5 Å². The van der Waals surface area contributed by atoms with Crippen LogP contribution in [0.1, 0.15) is 43.0 Å². The molecule has 0 bridgehead atoms. The standard InChI is InChI=1S/C16H25ClN4/c1-11-14(17)18-15(13-4-5-13)19-16(11)21-8-6-12(7-9-21)10-20(2)3/h12-13H,4-10H2,1-3H3. The van der Waals surface area contributed by atoms with E-state index in [4.69, 9.17) is 16.6 Å². The average molecular weight is 309 g/mol. The molecule has 5 heteroatoms. The van der Waals surface area contributed by atoms with Gasteiger partial charge < -0.3 is 9.80 Å². The minimum absolute atomic E-state index is 0.549. The van der Waals surface area contributed by atoms with Gasteiger partial charge in [0.05, 0.1) is 0 Å². The van der Waals surface area contributed by atoms with E-state index < -0.39 is 0 Å². The van der Waals surface area contributed by atoms with Crippen LogP contribution in [0.3, 0.4) is 0 Å². The number of piperidine rings is 1. The monoisotopic (exact) mass is 308 g/mol. The summed E-state index contributed by atoms with van der Waals surface area (Å²) >= 11 is 6.32. The van der Waals surface area contributed by atoms with Crippen LogP contribution in [0, 0.1) is 12.8 Å². The molecule has 116 valence electrons. The Morgan fingerprint density at radius 1 is 1.14 bits per heavy atom. The van der Waals surface area contributed by atoms with Crippen LogP contribution in [0.2, 0.25) is 5.15 Å². The molecule has 0 aromatic carbocycles. The molecule has 1 aliphatic carbocycles. The molecular weight excluding hydrogens is 284 g/mol. The highest BCUT2D eigenvalue weighted by Gasteiger charge is 2.29. The zero-order valence-electron chi connectivity index (χ0n) is 13.3. The number of hydrogen-bond donors (Lipinski definition) is 0. The lowest BCUT2D eigenvalue weighted by Crippen LogP contribution is -2.38. The van der Waals surface area contributed by atoms with Crippen LogP contribution in [0.4, 0.5) is 5.82 Å². The van der Waals surface area contributed by atoms with Crippen molar-refractivity contribution in [3.63, 3.8) is 0 Å². The molecule has 0 spiro atoms. The Kier molecular flexibility index (Phi) is 4.36. The third kappa shape index (κ3) is 3.49. The Morgan fingerprint density at radius 2 is 1.81 bits per heavy atom. The number of anilines is 1. The van der Waals surface area contributed by atoms with Gasteiger partial charge in [-0.15, -0.1) is 0 Å². The molecule has 2 fully saturated rings. The first kappa shape index (κ1) is 15.0. The van der Waals surface area contributed by atoms with Crippen LogP contribution in [-0.4, -0.2) is 48.6 Å². The summed E-state index contributed by atoms with van der Waals surface area (Å²) in [6.07, 6.45) is 4.89. The van der Waals surface area contributed by atoms with Crippen LogP contribution >= 0.6 is 11.6 Å². The molecule has 0 unspecified atom stereocenters. The van der Waals surface area contributed by atoms with Gasteiger partial charge in [0, 0.05) is 31.1 Å². The van der Waals surface area contributed by atoms with Crippen LogP contribution in [0.15, 0.2) is 0 Å². The van der Waals surface area contributed by atoms with Crippen molar-refractivity contribution >= 4 is 17.4 Å². The van der Waals surface area contributed by atoms with Crippen molar-refractivity contribution in [2.75, 3.05) is 38.6 Å². The van der Waals surface area contributed by atoms with Gasteiger partial charge in [0.15, 0.2) is 0 Å². The number of aromatic nitrogens is 2. The van der Waals surface area contributed by atoms with Gasteiger partial charge in [-0.1, -0.05) is 11.6 Å². The van der Waals surface area contributed by atoms with Crippen LogP contribution in [-0.2, 0) is 0 Å². The topological polar surface area (TPSA) is 32.3 Å². The Bertz CT molecular complexity index is 505. The maximum Gasteiger partial charge on any atom is 0.137 e. The Hall–Kier alpha value is -0.870. The largest absolute Gasteiger partial charge is 0.356 e. The molecule has 2 heterocycles. The molecule has 0 amide bonds. The first-order valence-corrected chi connectivity index (χ1v) is 8.36. The van der Waals surface area contributed by atoms with Crippen molar-refractivity contribution in [3.8, 4) is 0 Å². The van der Waals surface area contributed by atoms with Crippen molar-refractivity contribution < 1.29 is 0 Å². The summed E-state index contributed by atoms with van der Waals surface area (Å²) in [5, 5.41) is 0.636. The number of rotatable bonds is 4. The molecule has 1 aliphatic heterocycles. The zero-order valence-corrected chi connectivity index (χ0v) is 14.0. The smallest absolute Gasteiger partial charge is 0.137 e. The van der Waals surface area contributed by atoms with Gasteiger partial charge in [-0.05, 0) is 52.6 Å². The highest BCUT2D eigenvalue weighted by atomic mass is 35.5. The first-order chi connectivity index (χ1) is 10.0. The van der Waals surface area contributed by atoms with E-state index in [0.717, 1.165) is 36.2 Å². The molecule has 21 heavy (non-hydrogen) atoms. The maximum absolute atomic E-state index is 6.32. The number of halogens is 1. The van der Waals surface area contributed by atoms with E-state index in [2.05, 4.69) is 28.9 Å². The molecule has 2 aliphatic rings. The van der Waals surface area contributed by atoms with Gasteiger partial charge in [0.2, 0.25) is 0 Å². The fourth-order valence-electron chi connectivity index (χ4n) is 3.17. The van der Waals surface area contributed by atoms with Crippen molar-refractivity contribution in [1.29, 1.82) is 0 Å². The summed E-state index contributed by atoms with van der Waals surface area (Å²) in [6, 6.07) is 0. The Labute approximate surface area is 132 Å². The fraction of sp³-hybridized carbons (Fsp3) is 0.750. The molecule has 3 rings (SSSR count). The van der Waals surface area contributed by atoms with Crippen molar-refractivity contribution in [3.05, 3.63) is 16.5 Å². The van der Waals surface area contributed by atoms with Gasteiger partial charge in [-0.3, -0.25) is 0 Å². The lowest BCUT2D eigenvalue weighted by Gasteiger charge is -2.34. The SMILES string of the molecule is Cc1c(Cl)nc(C2CC2)nc1N1CCC(CN(C)C)CC1. The molecule has 1 aromatic rings. The lowest BCUT2D eigenvalue weighted by molar-refractivity contribution is 0.284. The van der Waals surface area contributed by atoms with E-state index in [1.54, 1.807) is 0 Å². The highest BCUT2D eigenvalue weighted by Crippen LogP contribution is 2.40. The zero-order chi connectivity index (χ0) is 15.0. The quantitative estimate of drug-likeness (QED) is 0.800. The summed E-state index contributed by atoms with van der Waals surface area (Å²) in [6.45, 7) is 5.39. The summed E-state index contributed by atoms with van der Waals surface area (Å²) in [7, 11) is 4.31. The van der Waals surface area contributed by atoms with Crippen LogP contribution in [0.5, 0.6) is 0 Å². The summed E-state index contributed by atoms with van der Waals surface area (Å²) in [5.41, 5.74) is 1.03. The van der Waals surface area contributed by atoms with Gasteiger partial charge in [-0.25, -0.2) is 9.97 Å². The van der Waals surface area contributed by atoms with Crippen molar-refractivity contribution in [2.24, 2.45) is 5.92 Å². The van der Waals surface area contributed by atoms with E-state index in [1.807, 2.05) is 6.92 Å². The molecule has 0 atom stereocenters. The molecule has 1 saturated heterocycles. The minimum Gasteiger partial charge on any atom is -0.356 e. The Morgan fingerprint density at radius 3 is 2.38 bits per heavy atom. The van der Waals surface area contributed by atoms with Crippen LogP contribution < -0.4 is 4.90 Å². The van der Waals surface area contributed by atoms with Gasteiger partial charge in [0.25, 0.3) is 0 Å². The highest BCUT2D eigenvalue weighted by molar-refractivity contribution is 6.30. The van der Waals surface area contributed by atoms with Gasteiger partial charge in [-0.2, -0.15) is 0 Å². The molecule has 4 nitrogen and oxygen atoms in total. The first-order valence-electron chi connectivity index (χ1n) is 7.98. The van der Waals surface area contributed by atoms with E-state index in [0.29, 0.717) is 11.1 Å². The second-order valence-corrected chi connectivity index (χ2v) is 7.15. The van der Waals surface area contributed by atoms with E-state index in [-0.39, 0.29) is 0 Å². The maximum atomic E-state index is 6.32. The third-order valence-corrected chi connectivity index (χ3v) is 4.93. The minimum atomic E-state index is 0.549. The second kappa shape index (κ2) is 6.09. The van der Waals surface area contributed by atoms with E-state index in [9.17, 15) is 0 Å². The predicted molar refractivity (Wildman–Crippen MR) is 87.2 cm³/mol.